The molecular weight excluding hydrogens is 366 g/mol. The van der Waals surface area contributed by atoms with Gasteiger partial charge in [-0.05, 0) is 42.0 Å². The van der Waals surface area contributed by atoms with Crippen LogP contribution >= 0.6 is 0 Å². The predicted molar refractivity (Wildman–Crippen MR) is 111 cm³/mol. The lowest BCUT2D eigenvalue weighted by Gasteiger charge is -2.13. The molecule has 0 bridgehead atoms. The average molecular weight is 385 g/mol. The van der Waals surface area contributed by atoms with E-state index in [0.29, 0.717) is 11.6 Å². The number of hydrogen-bond donors (Lipinski definition) is 3. The van der Waals surface area contributed by atoms with Gasteiger partial charge in [0.2, 0.25) is 11.7 Å². The fourth-order valence-electron chi connectivity index (χ4n) is 2.82. The molecule has 3 N–H and O–H groups in total. The molecule has 0 saturated heterocycles. The van der Waals surface area contributed by atoms with E-state index in [-0.39, 0.29) is 11.8 Å². The van der Waals surface area contributed by atoms with Crippen molar-refractivity contribution < 1.29 is 4.79 Å². The van der Waals surface area contributed by atoms with Crippen molar-refractivity contribution in [2.75, 3.05) is 10.6 Å². The van der Waals surface area contributed by atoms with Crippen LogP contribution in [0, 0.1) is 0 Å². The van der Waals surface area contributed by atoms with E-state index in [1.165, 1.54) is 0 Å². The third kappa shape index (κ3) is 4.44. The maximum atomic E-state index is 12.6. The lowest BCUT2D eigenvalue weighted by Crippen LogP contribution is -2.19. The maximum Gasteiger partial charge on any atom is 0.232 e. The summed E-state index contributed by atoms with van der Waals surface area (Å²) in [7, 11) is 0. The monoisotopic (exact) mass is 385 g/mol. The Morgan fingerprint density at radius 3 is 2.41 bits per heavy atom. The van der Waals surface area contributed by atoms with Crippen molar-refractivity contribution in [3.8, 4) is 11.4 Å². The Morgan fingerprint density at radius 2 is 1.76 bits per heavy atom. The minimum Gasteiger partial charge on any atom is -0.354 e. The van der Waals surface area contributed by atoms with Crippen LogP contribution in [-0.4, -0.2) is 31.5 Å². The number of rotatable bonds is 6. The van der Waals surface area contributed by atoms with Crippen molar-refractivity contribution in [3.63, 3.8) is 0 Å². The summed E-state index contributed by atoms with van der Waals surface area (Å²) in [6, 6.07) is 21.0. The molecule has 1 amide bonds. The number of aromatic nitrogens is 5. The van der Waals surface area contributed by atoms with Gasteiger partial charge in [-0.3, -0.25) is 4.79 Å². The Labute approximate surface area is 167 Å². The average Bonchev–Trinajstić information content (AvgIpc) is 3.30. The third-order valence-corrected chi connectivity index (χ3v) is 4.48. The van der Waals surface area contributed by atoms with Crippen LogP contribution in [-0.2, 0) is 4.79 Å². The summed E-state index contributed by atoms with van der Waals surface area (Å²) < 4.78 is 0. The zero-order chi connectivity index (χ0) is 20.1. The molecule has 4 aromatic rings. The molecule has 1 unspecified atom stereocenters. The van der Waals surface area contributed by atoms with Crippen LogP contribution in [0.2, 0.25) is 0 Å². The van der Waals surface area contributed by atoms with E-state index in [1.54, 1.807) is 12.3 Å². The molecule has 4 rings (SSSR count). The Morgan fingerprint density at radius 1 is 0.966 bits per heavy atom. The van der Waals surface area contributed by atoms with Crippen molar-refractivity contribution in [1.82, 2.24) is 25.6 Å². The van der Waals surface area contributed by atoms with Crippen molar-refractivity contribution in [2.24, 2.45) is 0 Å². The molecule has 0 spiro atoms. The van der Waals surface area contributed by atoms with Gasteiger partial charge in [-0.2, -0.15) is 5.21 Å². The number of anilines is 3. The smallest absolute Gasteiger partial charge is 0.232 e. The lowest BCUT2D eigenvalue weighted by molar-refractivity contribution is -0.117. The Balaban J connectivity index is 1.38. The summed E-state index contributed by atoms with van der Waals surface area (Å²) in [6.07, 6.45) is 1.69. The minimum atomic E-state index is -0.335. The Hall–Kier alpha value is -4.07. The number of carbonyl (C=O) groups excluding carboxylic acids is 1. The number of nitrogens with one attached hydrogen (secondary N) is 3. The van der Waals surface area contributed by atoms with Gasteiger partial charge >= 0.3 is 0 Å². The number of para-hydroxylation sites is 1. The van der Waals surface area contributed by atoms with E-state index < -0.39 is 0 Å². The Bertz CT molecular complexity index is 1060. The second kappa shape index (κ2) is 8.30. The van der Waals surface area contributed by atoms with Gasteiger partial charge in [0.05, 0.1) is 17.8 Å². The normalized spacial score (nSPS) is 11.6. The molecule has 1 atom stereocenters. The molecule has 2 heterocycles. The second-order valence-corrected chi connectivity index (χ2v) is 6.49. The van der Waals surface area contributed by atoms with Crippen LogP contribution in [0.15, 0.2) is 72.9 Å². The molecule has 2 aromatic heterocycles. The fraction of sp³-hybridized carbons (Fsp3) is 0.0952. The van der Waals surface area contributed by atoms with Gasteiger partial charge in [0.1, 0.15) is 5.82 Å². The Kier molecular flexibility index (Phi) is 5.24. The number of aromatic amines is 1. The third-order valence-electron chi connectivity index (χ3n) is 4.48. The summed E-state index contributed by atoms with van der Waals surface area (Å²) in [4.78, 5) is 16.9. The molecule has 2 aromatic carbocycles. The zero-order valence-corrected chi connectivity index (χ0v) is 15.7. The molecular formula is C21H19N7O. The predicted octanol–water partition coefficient (Wildman–Crippen LogP) is 3.75. The van der Waals surface area contributed by atoms with Gasteiger partial charge in [-0.15, -0.1) is 10.2 Å². The molecule has 0 aliphatic carbocycles. The van der Waals surface area contributed by atoms with Crippen LogP contribution in [0.4, 0.5) is 17.2 Å². The molecule has 8 heteroatoms. The molecule has 0 radical (unpaired) electrons. The highest BCUT2D eigenvalue weighted by Gasteiger charge is 2.16. The SMILES string of the molecule is CC(C(=O)Nc1ccc(Nc2ccccc2)cn1)c1ccc(-c2nn[nH]n2)cc1. The largest absolute Gasteiger partial charge is 0.354 e. The van der Waals surface area contributed by atoms with E-state index in [9.17, 15) is 4.79 Å². The highest BCUT2D eigenvalue weighted by atomic mass is 16.1. The highest BCUT2D eigenvalue weighted by molar-refractivity contribution is 5.95. The van der Waals surface area contributed by atoms with Gasteiger partial charge < -0.3 is 10.6 Å². The number of benzene rings is 2. The number of pyridine rings is 1. The minimum absolute atomic E-state index is 0.131. The van der Waals surface area contributed by atoms with Crippen LogP contribution in [0.1, 0.15) is 18.4 Å². The lowest BCUT2D eigenvalue weighted by atomic mass is 9.99. The van der Waals surface area contributed by atoms with E-state index in [0.717, 1.165) is 22.5 Å². The summed E-state index contributed by atoms with van der Waals surface area (Å²) in [5, 5.41) is 20.0. The van der Waals surface area contributed by atoms with Crippen LogP contribution in [0.5, 0.6) is 0 Å². The summed E-state index contributed by atoms with van der Waals surface area (Å²) in [5.41, 5.74) is 3.54. The summed E-state index contributed by atoms with van der Waals surface area (Å²) >= 11 is 0. The molecule has 0 aliphatic heterocycles. The molecule has 29 heavy (non-hydrogen) atoms. The molecule has 144 valence electrons. The van der Waals surface area contributed by atoms with Crippen molar-refractivity contribution in [1.29, 1.82) is 0 Å². The first kappa shape index (κ1) is 18.3. The second-order valence-electron chi connectivity index (χ2n) is 6.49. The maximum absolute atomic E-state index is 12.6. The van der Waals surface area contributed by atoms with Gasteiger partial charge in [-0.25, -0.2) is 4.98 Å². The van der Waals surface area contributed by atoms with Crippen molar-refractivity contribution in [2.45, 2.75) is 12.8 Å². The molecule has 0 fully saturated rings. The fourth-order valence-corrected chi connectivity index (χ4v) is 2.82. The number of nitrogens with zero attached hydrogens (tertiary/aromatic N) is 4. The number of amides is 1. The van der Waals surface area contributed by atoms with E-state index in [1.807, 2.05) is 67.6 Å². The van der Waals surface area contributed by atoms with Crippen LogP contribution in [0.25, 0.3) is 11.4 Å². The highest BCUT2D eigenvalue weighted by Crippen LogP contribution is 2.22. The van der Waals surface area contributed by atoms with Gasteiger partial charge in [-0.1, -0.05) is 42.5 Å². The quantitative estimate of drug-likeness (QED) is 0.466. The molecule has 8 nitrogen and oxygen atoms in total. The first-order valence-electron chi connectivity index (χ1n) is 9.12. The van der Waals surface area contributed by atoms with Crippen LogP contribution < -0.4 is 10.6 Å². The molecule has 0 aliphatic rings. The number of hydrogen-bond acceptors (Lipinski definition) is 6. The van der Waals surface area contributed by atoms with Crippen molar-refractivity contribution >= 4 is 23.1 Å². The van der Waals surface area contributed by atoms with Gasteiger partial charge in [0.15, 0.2) is 0 Å². The first-order chi connectivity index (χ1) is 14.2. The standard InChI is InChI=1S/C21H19N7O/c1-14(15-7-9-16(10-8-15)20-25-27-28-26-20)21(29)24-19-12-11-18(13-22-19)23-17-5-3-2-4-6-17/h2-14,23H,1H3,(H,22,24,29)(H,25,26,27,28). The number of tetrazole rings is 1. The van der Waals surface area contributed by atoms with Crippen LogP contribution in [0.3, 0.4) is 0 Å². The van der Waals surface area contributed by atoms with E-state index in [4.69, 9.17) is 0 Å². The zero-order valence-electron chi connectivity index (χ0n) is 15.7. The van der Waals surface area contributed by atoms with Crippen molar-refractivity contribution in [3.05, 3.63) is 78.5 Å². The topological polar surface area (TPSA) is 108 Å². The van der Waals surface area contributed by atoms with Gasteiger partial charge in [0, 0.05) is 11.3 Å². The number of H-pyrrole nitrogens is 1. The van der Waals surface area contributed by atoms with E-state index >= 15 is 0 Å². The van der Waals surface area contributed by atoms with Gasteiger partial charge in [0.25, 0.3) is 0 Å². The summed E-state index contributed by atoms with van der Waals surface area (Å²) in [5.74, 6) is 0.553. The number of carbonyl (C=O) groups is 1. The first-order valence-corrected chi connectivity index (χ1v) is 9.12. The summed E-state index contributed by atoms with van der Waals surface area (Å²) in [6.45, 7) is 1.85. The van der Waals surface area contributed by atoms with E-state index in [2.05, 4.69) is 36.2 Å². The molecule has 0 saturated carbocycles.